The quantitative estimate of drug-likeness (QED) is 0.564. The van der Waals surface area contributed by atoms with Crippen LogP contribution < -0.4 is 10.1 Å². The Kier molecular flexibility index (Phi) is 6.12. The lowest BCUT2D eigenvalue weighted by molar-refractivity contribution is -0.274. The van der Waals surface area contributed by atoms with Crippen molar-refractivity contribution in [1.29, 1.82) is 0 Å². The first-order valence-corrected chi connectivity index (χ1v) is 9.38. The third kappa shape index (κ3) is 5.98. The van der Waals surface area contributed by atoms with Gasteiger partial charge < -0.3 is 14.5 Å². The van der Waals surface area contributed by atoms with E-state index < -0.39 is 6.36 Å². The summed E-state index contributed by atoms with van der Waals surface area (Å²) in [6.07, 6.45) is -4.76. The molecule has 2 aromatic carbocycles. The molecule has 0 saturated carbocycles. The Bertz CT molecular complexity index is 1000. The van der Waals surface area contributed by atoms with Crippen molar-refractivity contribution in [1.82, 2.24) is 10.2 Å². The van der Waals surface area contributed by atoms with Crippen LogP contribution in [0.15, 0.2) is 52.1 Å². The number of aromatic nitrogens is 2. The van der Waals surface area contributed by atoms with E-state index in [0.29, 0.717) is 11.6 Å². The zero-order chi connectivity index (χ0) is 21.0. The van der Waals surface area contributed by atoms with Gasteiger partial charge in [0.05, 0.1) is 5.75 Å². The molecule has 10 heteroatoms. The van der Waals surface area contributed by atoms with Crippen LogP contribution in [0.25, 0.3) is 11.5 Å². The van der Waals surface area contributed by atoms with Gasteiger partial charge in [-0.05, 0) is 61.4 Å². The number of benzene rings is 2. The summed E-state index contributed by atoms with van der Waals surface area (Å²) in [6.45, 7) is 3.99. The fraction of sp³-hybridized carbons (Fsp3) is 0.211. The lowest BCUT2D eigenvalue weighted by atomic mass is 10.1. The summed E-state index contributed by atoms with van der Waals surface area (Å²) in [6, 6.07) is 10.6. The molecule has 0 saturated heterocycles. The van der Waals surface area contributed by atoms with Gasteiger partial charge in [0, 0.05) is 11.3 Å². The van der Waals surface area contributed by atoms with E-state index >= 15 is 0 Å². The Balaban J connectivity index is 1.53. The van der Waals surface area contributed by atoms with Gasteiger partial charge in [-0.25, -0.2) is 0 Å². The number of carbonyl (C=O) groups excluding carboxylic acids is 1. The van der Waals surface area contributed by atoms with Crippen LogP contribution in [-0.4, -0.2) is 28.2 Å². The maximum Gasteiger partial charge on any atom is 0.573 e. The molecule has 1 heterocycles. The summed E-state index contributed by atoms with van der Waals surface area (Å²) >= 11 is 1.06. The predicted molar refractivity (Wildman–Crippen MR) is 102 cm³/mol. The zero-order valence-corrected chi connectivity index (χ0v) is 16.2. The minimum absolute atomic E-state index is 0.00460. The Morgan fingerprint density at radius 2 is 1.83 bits per heavy atom. The van der Waals surface area contributed by atoms with Crippen molar-refractivity contribution >= 4 is 23.4 Å². The maximum absolute atomic E-state index is 12.1. The number of halogens is 3. The molecule has 3 aromatic rings. The predicted octanol–water partition coefficient (Wildman–Crippen LogP) is 4.98. The van der Waals surface area contributed by atoms with Crippen molar-refractivity contribution < 1.29 is 27.1 Å². The van der Waals surface area contributed by atoms with Crippen LogP contribution in [0.5, 0.6) is 5.75 Å². The fourth-order valence-corrected chi connectivity index (χ4v) is 2.89. The molecule has 6 nitrogen and oxygen atoms in total. The standard InChI is InChI=1S/C19H16F3N3O3S/c1-11-3-4-13(9-12(11)2)17-24-25-18(27-17)29-10-16(26)23-14-5-7-15(8-6-14)28-19(20,21)22/h3-9H,10H2,1-2H3,(H,23,26). The number of rotatable bonds is 6. The van der Waals surface area contributed by atoms with E-state index in [1.165, 1.54) is 12.1 Å². The SMILES string of the molecule is Cc1ccc(-c2nnc(SCC(=O)Nc3ccc(OC(F)(F)F)cc3)o2)cc1C. The van der Waals surface area contributed by atoms with Gasteiger partial charge in [0.1, 0.15) is 5.75 Å². The van der Waals surface area contributed by atoms with Crippen LogP contribution in [0, 0.1) is 13.8 Å². The van der Waals surface area contributed by atoms with Gasteiger partial charge in [0.15, 0.2) is 0 Å². The van der Waals surface area contributed by atoms with Crippen LogP contribution in [-0.2, 0) is 4.79 Å². The number of hydrogen-bond donors (Lipinski definition) is 1. The molecule has 0 fully saturated rings. The first-order chi connectivity index (χ1) is 13.7. The van der Waals surface area contributed by atoms with E-state index in [2.05, 4.69) is 20.3 Å². The van der Waals surface area contributed by atoms with E-state index in [9.17, 15) is 18.0 Å². The topological polar surface area (TPSA) is 77.2 Å². The van der Waals surface area contributed by atoms with Gasteiger partial charge in [-0.15, -0.1) is 23.4 Å². The molecule has 29 heavy (non-hydrogen) atoms. The van der Waals surface area contributed by atoms with Crippen molar-refractivity contribution in [2.75, 3.05) is 11.1 Å². The van der Waals surface area contributed by atoms with Crippen molar-refractivity contribution in [2.45, 2.75) is 25.4 Å². The molecule has 1 N–H and O–H groups in total. The van der Waals surface area contributed by atoms with Gasteiger partial charge in [-0.3, -0.25) is 4.79 Å². The van der Waals surface area contributed by atoms with Crippen molar-refractivity contribution in [3.8, 4) is 17.2 Å². The number of nitrogens with one attached hydrogen (secondary N) is 1. The van der Waals surface area contributed by atoms with Crippen LogP contribution in [0.1, 0.15) is 11.1 Å². The van der Waals surface area contributed by atoms with Crippen LogP contribution in [0.3, 0.4) is 0 Å². The number of hydrogen-bond acceptors (Lipinski definition) is 6. The smallest absolute Gasteiger partial charge is 0.411 e. The van der Waals surface area contributed by atoms with Gasteiger partial charge in [0.25, 0.3) is 5.22 Å². The Labute approximate surface area is 168 Å². The molecular weight excluding hydrogens is 407 g/mol. The lowest BCUT2D eigenvalue weighted by Crippen LogP contribution is -2.17. The maximum atomic E-state index is 12.1. The van der Waals surface area contributed by atoms with Crippen molar-refractivity contribution in [3.63, 3.8) is 0 Å². The largest absolute Gasteiger partial charge is 0.573 e. The molecule has 1 aromatic heterocycles. The summed E-state index contributed by atoms with van der Waals surface area (Å²) in [5.41, 5.74) is 3.38. The monoisotopic (exact) mass is 423 g/mol. The average Bonchev–Trinajstić information content (AvgIpc) is 3.12. The number of anilines is 1. The van der Waals surface area contributed by atoms with Gasteiger partial charge in [-0.2, -0.15) is 0 Å². The second-order valence-electron chi connectivity index (χ2n) is 6.08. The number of thioether (sulfide) groups is 1. The van der Waals surface area contributed by atoms with Crippen molar-refractivity contribution in [2.24, 2.45) is 0 Å². The van der Waals surface area contributed by atoms with Crippen molar-refractivity contribution in [3.05, 3.63) is 53.6 Å². The lowest BCUT2D eigenvalue weighted by Gasteiger charge is -2.09. The molecule has 0 radical (unpaired) electrons. The fourth-order valence-electron chi connectivity index (χ4n) is 2.32. The molecule has 0 aliphatic rings. The normalized spacial score (nSPS) is 11.3. The number of alkyl halides is 3. The number of aryl methyl sites for hydroxylation is 2. The minimum atomic E-state index is -4.76. The minimum Gasteiger partial charge on any atom is -0.411 e. The molecule has 0 aliphatic carbocycles. The zero-order valence-electron chi connectivity index (χ0n) is 15.4. The highest BCUT2D eigenvalue weighted by Crippen LogP contribution is 2.26. The van der Waals surface area contributed by atoms with Crippen LogP contribution >= 0.6 is 11.8 Å². The number of nitrogens with zero attached hydrogens (tertiary/aromatic N) is 2. The third-order valence-electron chi connectivity index (χ3n) is 3.86. The average molecular weight is 423 g/mol. The van der Waals surface area contributed by atoms with E-state index in [1.807, 2.05) is 32.0 Å². The molecule has 1 amide bonds. The highest BCUT2D eigenvalue weighted by Gasteiger charge is 2.30. The van der Waals surface area contributed by atoms with Gasteiger partial charge >= 0.3 is 6.36 Å². The molecular formula is C19H16F3N3O3S. The molecule has 0 unspecified atom stereocenters. The highest BCUT2D eigenvalue weighted by molar-refractivity contribution is 7.99. The Hall–Kier alpha value is -3.01. The van der Waals surface area contributed by atoms with Gasteiger partial charge in [-0.1, -0.05) is 17.8 Å². The number of carbonyl (C=O) groups is 1. The second kappa shape index (κ2) is 8.56. The first-order valence-electron chi connectivity index (χ1n) is 8.39. The van der Waals surface area contributed by atoms with Crippen LogP contribution in [0.4, 0.5) is 18.9 Å². The van der Waals surface area contributed by atoms with E-state index in [4.69, 9.17) is 4.42 Å². The third-order valence-corrected chi connectivity index (χ3v) is 4.68. The first kappa shape index (κ1) is 20.7. The Morgan fingerprint density at radius 3 is 2.48 bits per heavy atom. The summed E-state index contributed by atoms with van der Waals surface area (Å²) in [5.74, 6) is -0.383. The number of amides is 1. The van der Waals surface area contributed by atoms with E-state index in [0.717, 1.165) is 40.6 Å². The second-order valence-corrected chi connectivity index (χ2v) is 7.01. The number of ether oxygens (including phenoxy) is 1. The van der Waals surface area contributed by atoms with Crippen LogP contribution in [0.2, 0.25) is 0 Å². The summed E-state index contributed by atoms with van der Waals surface area (Å²) < 4.78 is 45.8. The molecule has 3 rings (SSSR count). The van der Waals surface area contributed by atoms with E-state index in [1.54, 1.807) is 0 Å². The molecule has 0 bridgehead atoms. The molecule has 152 valence electrons. The van der Waals surface area contributed by atoms with Gasteiger partial charge in [0.2, 0.25) is 11.8 Å². The van der Waals surface area contributed by atoms with E-state index in [-0.39, 0.29) is 22.6 Å². The summed E-state index contributed by atoms with van der Waals surface area (Å²) in [5, 5.41) is 10.7. The summed E-state index contributed by atoms with van der Waals surface area (Å²) in [7, 11) is 0. The molecule has 0 aliphatic heterocycles. The molecule has 0 spiro atoms. The Morgan fingerprint density at radius 1 is 1.10 bits per heavy atom. The molecule has 0 atom stereocenters. The highest BCUT2D eigenvalue weighted by atomic mass is 32.2. The summed E-state index contributed by atoms with van der Waals surface area (Å²) in [4.78, 5) is 12.0.